The maximum Gasteiger partial charge on any atom is 0.226 e. The SMILES string of the molecule is CCCNc1nc(NC2CCOC2)c2[nH]cnc2n1. The van der Waals surface area contributed by atoms with Crippen molar-refractivity contribution in [2.24, 2.45) is 0 Å². The molecule has 3 heterocycles. The van der Waals surface area contributed by atoms with Gasteiger partial charge in [0.25, 0.3) is 0 Å². The van der Waals surface area contributed by atoms with Crippen LogP contribution in [0.4, 0.5) is 11.8 Å². The molecule has 0 aliphatic carbocycles. The molecule has 1 aliphatic heterocycles. The van der Waals surface area contributed by atoms with Crippen LogP contribution in [0.3, 0.4) is 0 Å². The Morgan fingerprint density at radius 2 is 2.42 bits per heavy atom. The van der Waals surface area contributed by atoms with Crippen LogP contribution >= 0.6 is 0 Å². The van der Waals surface area contributed by atoms with Crippen LogP contribution in [0.1, 0.15) is 19.8 Å². The van der Waals surface area contributed by atoms with Crippen molar-refractivity contribution in [1.82, 2.24) is 19.9 Å². The zero-order valence-electron chi connectivity index (χ0n) is 10.9. The van der Waals surface area contributed by atoms with E-state index in [9.17, 15) is 0 Å². The summed E-state index contributed by atoms with van der Waals surface area (Å²) in [5.41, 5.74) is 1.52. The molecule has 3 N–H and O–H groups in total. The first-order chi connectivity index (χ1) is 9.36. The first-order valence-corrected chi connectivity index (χ1v) is 6.66. The van der Waals surface area contributed by atoms with E-state index in [-0.39, 0.29) is 0 Å². The summed E-state index contributed by atoms with van der Waals surface area (Å²) in [5.74, 6) is 1.40. The van der Waals surface area contributed by atoms with Gasteiger partial charge in [0.1, 0.15) is 5.52 Å². The van der Waals surface area contributed by atoms with Gasteiger partial charge in [-0.15, -0.1) is 0 Å². The van der Waals surface area contributed by atoms with E-state index in [0.717, 1.165) is 43.9 Å². The van der Waals surface area contributed by atoms with Gasteiger partial charge in [0.2, 0.25) is 5.95 Å². The highest BCUT2D eigenvalue weighted by Gasteiger charge is 2.18. The summed E-state index contributed by atoms with van der Waals surface area (Å²) >= 11 is 0. The molecule has 2 aromatic rings. The zero-order valence-corrected chi connectivity index (χ0v) is 10.9. The molecule has 3 rings (SSSR count). The molecule has 0 spiro atoms. The summed E-state index contributed by atoms with van der Waals surface area (Å²) in [5, 5.41) is 6.59. The number of aromatic amines is 1. The maximum atomic E-state index is 5.37. The van der Waals surface area contributed by atoms with Gasteiger partial charge in [0.05, 0.1) is 19.0 Å². The van der Waals surface area contributed by atoms with Crippen LogP contribution in [0.2, 0.25) is 0 Å². The van der Waals surface area contributed by atoms with Crippen LogP contribution in [-0.2, 0) is 4.74 Å². The predicted molar refractivity (Wildman–Crippen MR) is 73.3 cm³/mol. The van der Waals surface area contributed by atoms with Gasteiger partial charge >= 0.3 is 0 Å². The minimum atomic E-state index is 0.306. The summed E-state index contributed by atoms with van der Waals surface area (Å²) in [4.78, 5) is 16.2. The Hall–Kier alpha value is -1.89. The lowest BCUT2D eigenvalue weighted by molar-refractivity contribution is 0.195. The van der Waals surface area contributed by atoms with Crippen molar-refractivity contribution < 1.29 is 4.74 Å². The van der Waals surface area contributed by atoms with E-state index in [1.54, 1.807) is 6.33 Å². The lowest BCUT2D eigenvalue weighted by atomic mass is 10.2. The average molecular weight is 262 g/mol. The second-order valence-electron chi connectivity index (χ2n) is 4.63. The van der Waals surface area contributed by atoms with E-state index < -0.39 is 0 Å². The normalized spacial score (nSPS) is 18.9. The molecule has 1 atom stereocenters. The molecule has 0 radical (unpaired) electrons. The number of hydrogen-bond donors (Lipinski definition) is 3. The van der Waals surface area contributed by atoms with Gasteiger partial charge in [-0.2, -0.15) is 9.97 Å². The molecule has 0 aromatic carbocycles. The molecule has 1 saturated heterocycles. The van der Waals surface area contributed by atoms with Gasteiger partial charge in [-0.3, -0.25) is 0 Å². The first kappa shape index (κ1) is 12.2. The van der Waals surface area contributed by atoms with Crippen molar-refractivity contribution in [1.29, 1.82) is 0 Å². The van der Waals surface area contributed by atoms with Crippen molar-refractivity contribution in [3.8, 4) is 0 Å². The lowest BCUT2D eigenvalue weighted by Gasteiger charge is -2.13. The fourth-order valence-corrected chi connectivity index (χ4v) is 2.10. The van der Waals surface area contributed by atoms with Crippen LogP contribution < -0.4 is 10.6 Å². The number of anilines is 2. The van der Waals surface area contributed by atoms with Gasteiger partial charge in [-0.25, -0.2) is 4.98 Å². The number of nitrogens with zero attached hydrogens (tertiary/aromatic N) is 3. The first-order valence-electron chi connectivity index (χ1n) is 6.66. The third-order valence-corrected chi connectivity index (χ3v) is 3.09. The summed E-state index contributed by atoms with van der Waals surface area (Å²) in [6.45, 7) is 4.48. The van der Waals surface area contributed by atoms with E-state index in [1.807, 2.05) is 0 Å². The number of nitrogens with one attached hydrogen (secondary N) is 3. The van der Waals surface area contributed by atoms with E-state index in [0.29, 0.717) is 17.6 Å². The molecule has 0 bridgehead atoms. The highest BCUT2D eigenvalue weighted by Crippen LogP contribution is 2.21. The third kappa shape index (κ3) is 2.60. The molecule has 2 aromatic heterocycles. The van der Waals surface area contributed by atoms with Crippen molar-refractivity contribution in [3.63, 3.8) is 0 Å². The molecule has 102 valence electrons. The summed E-state index contributed by atoms with van der Waals surface area (Å²) in [6.07, 6.45) is 3.66. The molecule has 19 heavy (non-hydrogen) atoms. The molecule has 1 fully saturated rings. The highest BCUT2D eigenvalue weighted by molar-refractivity contribution is 5.83. The Morgan fingerprint density at radius 1 is 1.47 bits per heavy atom. The minimum absolute atomic E-state index is 0.306. The molecule has 7 nitrogen and oxygen atoms in total. The monoisotopic (exact) mass is 262 g/mol. The molecule has 0 saturated carbocycles. The van der Waals surface area contributed by atoms with Crippen LogP contribution in [-0.4, -0.2) is 45.7 Å². The number of H-pyrrole nitrogens is 1. The average Bonchev–Trinajstić information content (AvgIpc) is 3.06. The standard InChI is InChI=1S/C12H18N6O/c1-2-4-13-12-17-10-9(14-7-15-10)11(18-12)16-8-3-5-19-6-8/h7-8H,2-6H2,1H3,(H3,13,14,15,16,17,18). The Bertz CT molecular complexity index is 548. The topological polar surface area (TPSA) is 87.8 Å². The summed E-state index contributed by atoms with van der Waals surface area (Å²) in [7, 11) is 0. The van der Waals surface area contributed by atoms with Crippen molar-refractivity contribution >= 4 is 22.9 Å². The van der Waals surface area contributed by atoms with Crippen molar-refractivity contribution in [2.45, 2.75) is 25.8 Å². The highest BCUT2D eigenvalue weighted by atomic mass is 16.5. The Kier molecular flexibility index (Phi) is 3.45. The Morgan fingerprint density at radius 3 is 3.21 bits per heavy atom. The Labute approximate surface area is 111 Å². The smallest absolute Gasteiger partial charge is 0.226 e. The van der Waals surface area contributed by atoms with Gasteiger partial charge in [-0.1, -0.05) is 6.92 Å². The van der Waals surface area contributed by atoms with Crippen LogP contribution in [0.25, 0.3) is 11.2 Å². The van der Waals surface area contributed by atoms with Gasteiger partial charge < -0.3 is 20.4 Å². The van der Waals surface area contributed by atoms with E-state index in [1.165, 1.54) is 0 Å². The number of fused-ring (bicyclic) bond motifs is 1. The fraction of sp³-hybridized carbons (Fsp3) is 0.583. The number of aromatic nitrogens is 4. The van der Waals surface area contributed by atoms with E-state index in [2.05, 4.69) is 37.5 Å². The Balaban J connectivity index is 1.88. The number of hydrogen-bond acceptors (Lipinski definition) is 6. The quantitative estimate of drug-likeness (QED) is 0.754. The second kappa shape index (κ2) is 5.40. The largest absolute Gasteiger partial charge is 0.379 e. The van der Waals surface area contributed by atoms with Crippen LogP contribution in [0.5, 0.6) is 0 Å². The molecule has 1 aliphatic rings. The third-order valence-electron chi connectivity index (χ3n) is 3.09. The van der Waals surface area contributed by atoms with Gasteiger partial charge in [0, 0.05) is 13.2 Å². The molecule has 7 heteroatoms. The van der Waals surface area contributed by atoms with Crippen LogP contribution in [0.15, 0.2) is 6.33 Å². The molecular formula is C12H18N6O. The van der Waals surface area contributed by atoms with E-state index >= 15 is 0 Å². The minimum Gasteiger partial charge on any atom is -0.379 e. The molecule has 0 amide bonds. The van der Waals surface area contributed by atoms with Crippen molar-refractivity contribution in [3.05, 3.63) is 6.33 Å². The lowest BCUT2D eigenvalue weighted by Crippen LogP contribution is -2.20. The maximum absolute atomic E-state index is 5.37. The number of ether oxygens (including phenoxy) is 1. The summed E-state index contributed by atoms with van der Waals surface area (Å²) in [6, 6.07) is 0.306. The van der Waals surface area contributed by atoms with Gasteiger partial charge in [-0.05, 0) is 12.8 Å². The van der Waals surface area contributed by atoms with Crippen LogP contribution in [0, 0.1) is 0 Å². The number of rotatable bonds is 5. The predicted octanol–water partition coefficient (Wildman–Crippen LogP) is 1.38. The molecular weight excluding hydrogens is 244 g/mol. The summed E-state index contributed by atoms with van der Waals surface area (Å²) < 4.78 is 5.37. The van der Waals surface area contributed by atoms with E-state index in [4.69, 9.17) is 4.74 Å². The second-order valence-corrected chi connectivity index (χ2v) is 4.63. The van der Waals surface area contributed by atoms with Gasteiger partial charge in [0.15, 0.2) is 11.5 Å². The molecule has 1 unspecified atom stereocenters. The fourth-order valence-electron chi connectivity index (χ4n) is 2.10. The van der Waals surface area contributed by atoms with Crippen molar-refractivity contribution in [2.75, 3.05) is 30.4 Å². The number of imidazole rings is 1. The zero-order chi connectivity index (χ0) is 13.1.